The second-order valence-corrected chi connectivity index (χ2v) is 7.64. The molecule has 0 aliphatic carbocycles. The van der Waals surface area contributed by atoms with E-state index in [-0.39, 0.29) is 11.8 Å². The summed E-state index contributed by atoms with van der Waals surface area (Å²) in [5.74, 6) is 0.842. The summed E-state index contributed by atoms with van der Waals surface area (Å²) in [6.07, 6.45) is 3.22. The number of hydrogen-bond donors (Lipinski definition) is 2. The molecule has 3 amide bonds. The summed E-state index contributed by atoms with van der Waals surface area (Å²) in [5.41, 5.74) is 1.52. The van der Waals surface area contributed by atoms with Crippen molar-refractivity contribution >= 4 is 11.9 Å². The molecule has 1 aliphatic rings. The van der Waals surface area contributed by atoms with Gasteiger partial charge in [-0.15, -0.1) is 0 Å². The van der Waals surface area contributed by atoms with Gasteiger partial charge in [-0.3, -0.25) is 20.0 Å². The smallest absolute Gasteiger partial charge is 0.321 e. The first-order valence-corrected chi connectivity index (χ1v) is 10.8. The number of likely N-dealkylation sites (tertiary alicyclic amines) is 1. The summed E-state index contributed by atoms with van der Waals surface area (Å²) < 4.78 is 5.51. The predicted octanol–water partition coefficient (Wildman–Crippen LogP) is 2.90. The Balaban J connectivity index is 1.45. The van der Waals surface area contributed by atoms with Gasteiger partial charge in [0.15, 0.2) is 0 Å². The molecule has 32 heavy (non-hydrogen) atoms. The third-order valence-corrected chi connectivity index (χ3v) is 5.52. The van der Waals surface area contributed by atoms with Crippen molar-refractivity contribution in [2.24, 2.45) is 0 Å². The molecular weight excluding hydrogens is 408 g/mol. The van der Waals surface area contributed by atoms with E-state index in [1.807, 2.05) is 48.5 Å². The average Bonchev–Trinajstić information content (AvgIpc) is 3.31. The number of carbonyl (C=O) groups excluding carboxylic acids is 2. The molecule has 2 aromatic heterocycles. The monoisotopic (exact) mass is 434 g/mol. The van der Waals surface area contributed by atoms with Crippen molar-refractivity contribution in [1.82, 2.24) is 30.7 Å². The average molecular weight is 435 g/mol. The Morgan fingerprint density at radius 3 is 2.56 bits per heavy atom. The number of piperidine rings is 1. The molecule has 1 fully saturated rings. The number of nitrogens with zero attached hydrogens (tertiary/aromatic N) is 4. The van der Waals surface area contributed by atoms with Gasteiger partial charge in [0.1, 0.15) is 11.7 Å². The molecule has 9 nitrogen and oxygen atoms in total. The number of benzene rings is 1. The molecule has 166 valence electrons. The van der Waals surface area contributed by atoms with Crippen LogP contribution in [0.25, 0.3) is 11.5 Å². The lowest BCUT2D eigenvalue weighted by Crippen LogP contribution is -2.48. The largest absolute Gasteiger partial charge is 0.339 e. The van der Waals surface area contributed by atoms with Gasteiger partial charge in [0, 0.05) is 18.7 Å². The number of nitrogens with one attached hydrogen (secondary N) is 2. The SMILES string of the molecule is CCNC(=O)NC(=O)C(c1ccccc1)N1CCC(c2nc(-c3ccccn3)no2)CC1. The zero-order chi connectivity index (χ0) is 22.3. The molecule has 3 heterocycles. The Morgan fingerprint density at radius 1 is 1.12 bits per heavy atom. The minimum absolute atomic E-state index is 0.110. The van der Waals surface area contributed by atoms with Crippen LogP contribution in [-0.2, 0) is 4.79 Å². The van der Waals surface area contributed by atoms with Gasteiger partial charge < -0.3 is 9.84 Å². The van der Waals surface area contributed by atoms with Crippen molar-refractivity contribution in [2.75, 3.05) is 19.6 Å². The number of hydrogen-bond acceptors (Lipinski definition) is 7. The van der Waals surface area contributed by atoms with Crippen LogP contribution in [0.5, 0.6) is 0 Å². The van der Waals surface area contributed by atoms with Crippen molar-refractivity contribution in [3.8, 4) is 11.5 Å². The van der Waals surface area contributed by atoms with E-state index in [9.17, 15) is 9.59 Å². The lowest BCUT2D eigenvalue weighted by atomic mass is 9.93. The quantitative estimate of drug-likeness (QED) is 0.613. The van der Waals surface area contributed by atoms with Crippen molar-refractivity contribution in [3.05, 3.63) is 66.2 Å². The molecule has 1 saturated heterocycles. The fourth-order valence-corrected chi connectivity index (χ4v) is 3.95. The predicted molar refractivity (Wildman–Crippen MR) is 117 cm³/mol. The van der Waals surface area contributed by atoms with Crippen LogP contribution in [0.1, 0.15) is 43.2 Å². The van der Waals surface area contributed by atoms with Gasteiger partial charge in [0.05, 0.1) is 0 Å². The Hall–Kier alpha value is -3.59. The van der Waals surface area contributed by atoms with Gasteiger partial charge >= 0.3 is 6.03 Å². The first-order chi connectivity index (χ1) is 15.7. The maximum Gasteiger partial charge on any atom is 0.321 e. The molecule has 1 aromatic carbocycles. The third-order valence-electron chi connectivity index (χ3n) is 5.52. The van der Waals surface area contributed by atoms with Crippen LogP contribution in [0, 0.1) is 0 Å². The van der Waals surface area contributed by atoms with E-state index in [0.29, 0.717) is 37.0 Å². The van der Waals surface area contributed by atoms with Crippen molar-refractivity contribution < 1.29 is 14.1 Å². The van der Waals surface area contributed by atoms with Gasteiger partial charge in [0.25, 0.3) is 0 Å². The van der Waals surface area contributed by atoms with Gasteiger partial charge in [-0.05, 0) is 50.6 Å². The molecular formula is C23H26N6O3. The Kier molecular flexibility index (Phi) is 6.86. The summed E-state index contributed by atoms with van der Waals surface area (Å²) >= 11 is 0. The van der Waals surface area contributed by atoms with E-state index in [0.717, 1.165) is 18.4 Å². The molecule has 9 heteroatoms. The van der Waals surface area contributed by atoms with Crippen LogP contribution in [0.3, 0.4) is 0 Å². The van der Waals surface area contributed by atoms with E-state index in [2.05, 4.69) is 30.7 Å². The first kappa shape index (κ1) is 21.6. The highest BCUT2D eigenvalue weighted by molar-refractivity contribution is 5.97. The summed E-state index contributed by atoms with van der Waals surface area (Å²) in [7, 11) is 0. The minimum atomic E-state index is -0.550. The zero-order valence-electron chi connectivity index (χ0n) is 17.9. The zero-order valence-corrected chi connectivity index (χ0v) is 17.9. The molecule has 1 aliphatic heterocycles. The number of imide groups is 1. The van der Waals surface area contributed by atoms with Crippen LogP contribution in [-0.4, -0.2) is 51.6 Å². The number of amides is 3. The number of carbonyl (C=O) groups is 2. The summed E-state index contributed by atoms with van der Waals surface area (Å²) in [6, 6.07) is 14.0. The molecule has 2 N–H and O–H groups in total. The fraction of sp³-hybridized carbons (Fsp3) is 0.348. The highest BCUT2D eigenvalue weighted by atomic mass is 16.5. The van der Waals surface area contributed by atoms with Gasteiger partial charge in [0.2, 0.25) is 17.6 Å². The Labute approximate surface area is 186 Å². The highest BCUT2D eigenvalue weighted by Gasteiger charge is 2.33. The summed E-state index contributed by atoms with van der Waals surface area (Å²) in [6.45, 7) is 3.58. The number of urea groups is 1. The van der Waals surface area contributed by atoms with Crippen LogP contribution < -0.4 is 10.6 Å². The number of rotatable bonds is 6. The summed E-state index contributed by atoms with van der Waals surface area (Å²) in [4.78, 5) is 35.8. The van der Waals surface area contributed by atoms with Crippen LogP contribution >= 0.6 is 0 Å². The van der Waals surface area contributed by atoms with E-state index < -0.39 is 12.1 Å². The van der Waals surface area contributed by atoms with Crippen molar-refractivity contribution in [2.45, 2.75) is 31.7 Å². The normalized spacial score (nSPS) is 15.8. The Bertz CT molecular complexity index is 1030. The molecule has 0 bridgehead atoms. The molecule has 0 radical (unpaired) electrons. The molecule has 0 saturated carbocycles. The molecule has 1 unspecified atom stereocenters. The molecule has 1 atom stereocenters. The van der Waals surface area contributed by atoms with E-state index >= 15 is 0 Å². The first-order valence-electron chi connectivity index (χ1n) is 10.8. The van der Waals surface area contributed by atoms with E-state index in [1.165, 1.54) is 0 Å². The molecule has 3 aromatic rings. The van der Waals surface area contributed by atoms with Crippen molar-refractivity contribution in [3.63, 3.8) is 0 Å². The second-order valence-electron chi connectivity index (χ2n) is 7.64. The van der Waals surface area contributed by atoms with Crippen molar-refractivity contribution in [1.29, 1.82) is 0 Å². The van der Waals surface area contributed by atoms with E-state index in [4.69, 9.17) is 4.52 Å². The fourth-order valence-electron chi connectivity index (χ4n) is 3.95. The maximum absolute atomic E-state index is 13.0. The number of aromatic nitrogens is 3. The number of pyridine rings is 1. The van der Waals surface area contributed by atoms with Gasteiger partial charge in [-0.2, -0.15) is 4.98 Å². The molecule has 0 spiro atoms. The topological polar surface area (TPSA) is 113 Å². The lowest BCUT2D eigenvalue weighted by Gasteiger charge is -2.35. The second kappa shape index (κ2) is 10.1. The lowest BCUT2D eigenvalue weighted by molar-refractivity contribution is -0.126. The third kappa shape index (κ3) is 5.00. The Morgan fingerprint density at radius 2 is 1.88 bits per heavy atom. The van der Waals surface area contributed by atoms with Gasteiger partial charge in [-0.25, -0.2) is 4.79 Å². The van der Waals surface area contributed by atoms with Crippen LogP contribution in [0.15, 0.2) is 59.3 Å². The van der Waals surface area contributed by atoms with Crippen LogP contribution in [0.4, 0.5) is 4.79 Å². The van der Waals surface area contributed by atoms with Crippen LogP contribution in [0.2, 0.25) is 0 Å². The molecule has 4 rings (SSSR count). The maximum atomic E-state index is 13.0. The van der Waals surface area contributed by atoms with Gasteiger partial charge in [-0.1, -0.05) is 41.6 Å². The minimum Gasteiger partial charge on any atom is -0.339 e. The van der Waals surface area contributed by atoms with E-state index in [1.54, 1.807) is 13.1 Å². The summed E-state index contributed by atoms with van der Waals surface area (Å²) in [5, 5.41) is 9.14. The standard InChI is InChI=1S/C23H26N6O3/c1-2-24-23(31)27-21(30)19(16-8-4-3-5-9-16)29-14-11-17(12-15-29)22-26-20(28-32-22)18-10-6-7-13-25-18/h3-10,13,17,19H,2,11-12,14-15H2,1H3,(H2,24,27,30,31). The highest BCUT2D eigenvalue weighted by Crippen LogP contribution is 2.32.